The van der Waals surface area contributed by atoms with Gasteiger partial charge in [0.05, 0.1) is 10.6 Å². The molecular formula is C18H21IN2O3S. The normalized spacial score (nSPS) is 11.9. The fourth-order valence-corrected chi connectivity index (χ4v) is 3.75. The molecule has 2 aromatic rings. The van der Waals surface area contributed by atoms with Crippen LogP contribution in [0.4, 0.5) is 11.4 Å². The molecule has 1 amide bonds. The summed E-state index contributed by atoms with van der Waals surface area (Å²) in [6.45, 7) is 7.29. The van der Waals surface area contributed by atoms with Crippen LogP contribution in [0.25, 0.3) is 0 Å². The van der Waals surface area contributed by atoms with Gasteiger partial charge >= 0.3 is 0 Å². The lowest BCUT2D eigenvalue weighted by molar-refractivity contribution is -0.123. The number of aryl methyl sites for hydroxylation is 1. The quantitative estimate of drug-likeness (QED) is 0.649. The van der Waals surface area contributed by atoms with E-state index in [9.17, 15) is 13.2 Å². The van der Waals surface area contributed by atoms with Crippen molar-refractivity contribution in [3.63, 3.8) is 0 Å². The minimum Gasteiger partial charge on any atom is -0.326 e. The molecule has 0 aromatic heterocycles. The summed E-state index contributed by atoms with van der Waals surface area (Å²) >= 11 is 2.08. The zero-order valence-electron chi connectivity index (χ0n) is 14.6. The monoisotopic (exact) mass is 472 g/mol. The van der Waals surface area contributed by atoms with Crippen LogP contribution in [-0.4, -0.2) is 14.3 Å². The number of rotatable bonds is 4. The first-order valence-corrected chi connectivity index (χ1v) is 10.3. The van der Waals surface area contributed by atoms with Crippen LogP contribution in [0.1, 0.15) is 26.3 Å². The van der Waals surface area contributed by atoms with E-state index in [1.807, 2.05) is 19.1 Å². The van der Waals surface area contributed by atoms with E-state index in [-0.39, 0.29) is 10.8 Å². The number of benzene rings is 2. The van der Waals surface area contributed by atoms with Crippen molar-refractivity contribution in [3.05, 3.63) is 51.6 Å². The van der Waals surface area contributed by atoms with Crippen LogP contribution in [-0.2, 0) is 14.8 Å². The van der Waals surface area contributed by atoms with E-state index in [0.717, 1.165) is 9.13 Å². The lowest BCUT2D eigenvalue weighted by Gasteiger charge is -2.18. The summed E-state index contributed by atoms with van der Waals surface area (Å²) in [5.74, 6) is -0.178. The fraction of sp³-hybridized carbons (Fsp3) is 0.278. The van der Waals surface area contributed by atoms with E-state index < -0.39 is 15.4 Å². The number of anilines is 2. The van der Waals surface area contributed by atoms with Gasteiger partial charge in [-0.05, 0) is 65.4 Å². The van der Waals surface area contributed by atoms with Crippen LogP contribution in [0.2, 0.25) is 0 Å². The summed E-state index contributed by atoms with van der Waals surface area (Å²) in [6, 6.07) is 11.8. The number of nitrogens with one attached hydrogen (secondary N) is 2. The van der Waals surface area contributed by atoms with Gasteiger partial charge in [0.25, 0.3) is 10.0 Å². The van der Waals surface area contributed by atoms with Crippen LogP contribution in [0.5, 0.6) is 0 Å². The van der Waals surface area contributed by atoms with Crippen LogP contribution in [0, 0.1) is 15.9 Å². The third-order valence-corrected chi connectivity index (χ3v) is 5.75. The van der Waals surface area contributed by atoms with Gasteiger partial charge in [-0.25, -0.2) is 8.42 Å². The highest BCUT2D eigenvalue weighted by molar-refractivity contribution is 14.1. The Morgan fingerprint density at radius 1 is 1.08 bits per heavy atom. The minimum atomic E-state index is -3.75. The van der Waals surface area contributed by atoms with Crippen LogP contribution >= 0.6 is 22.6 Å². The Morgan fingerprint density at radius 2 is 1.76 bits per heavy atom. The number of hydrogen-bond acceptors (Lipinski definition) is 3. The molecule has 2 rings (SSSR count). The summed E-state index contributed by atoms with van der Waals surface area (Å²) in [7, 11) is -3.75. The van der Waals surface area contributed by atoms with E-state index in [1.54, 1.807) is 39.0 Å². The number of hydrogen-bond donors (Lipinski definition) is 2. The van der Waals surface area contributed by atoms with Gasteiger partial charge in [0, 0.05) is 14.7 Å². The summed E-state index contributed by atoms with van der Waals surface area (Å²) in [5.41, 5.74) is 1.38. The number of halogens is 1. The van der Waals surface area contributed by atoms with Crippen LogP contribution < -0.4 is 10.0 Å². The minimum absolute atomic E-state index is 0.0940. The summed E-state index contributed by atoms with van der Waals surface area (Å²) in [4.78, 5) is 12.2. The highest BCUT2D eigenvalue weighted by Crippen LogP contribution is 2.25. The van der Waals surface area contributed by atoms with Crippen molar-refractivity contribution in [1.29, 1.82) is 0 Å². The molecule has 2 aromatic carbocycles. The zero-order valence-corrected chi connectivity index (χ0v) is 17.5. The molecule has 5 nitrogen and oxygen atoms in total. The Bertz CT molecular complexity index is 903. The lowest BCUT2D eigenvalue weighted by Crippen LogP contribution is -2.27. The molecule has 7 heteroatoms. The predicted octanol–water partition coefficient (Wildman–Crippen LogP) is 4.39. The first-order chi connectivity index (χ1) is 11.5. The Kier molecular flexibility index (Phi) is 5.78. The molecule has 0 unspecified atom stereocenters. The van der Waals surface area contributed by atoms with Gasteiger partial charge in [-0.15, -0.1) is 0 Å². The van der Waals surface area contributed by atoms with Crippen LogP contribution in [0.3, 0.4) is 0 Å². The van der Waals surface area contributed by atoms with Crippen molar-refractivity contribution in [2.75, 3.05) is 10.0 Å². The highest BCUT2D eigenvalue weighted by Gasteiger charge is 2.22. The van der Waals surface area contributed by atoms with E-state index in [4.69, 9.17) is 0 Å². The molecular weight excluding hydrogens is 451 g/mol. The second kappa shape index (κ2) is 7.33. The molecule has 0 saturated heterocycles. The highest BCUT2D eigenvalue weighted by atomic mass is 127. The third kappa shape index (κ3) is 5.18. The molecule has 0 atom stereocenters. The van der Waals surface area contributed by atoms with E-state index in [1.165, 1.54) is 12.1 Å². The van der Waals surface area contributed by atoms with Crippen molar-refractivity contribution in [3.8, 4) is 0 Å². The molecule has 0 radical (unpaired) electrons. The first kappa shape index (κ1) is 19.7. The standard InChI is InChI=1S/C18H21IN2O3S/c1-12-8-9-15(19)16(10-12)21-25(23,24)14-7-5-6-13(11-14)20-17(22)18(2,3)4/h5-11,21H,1-4H3,(H,20,22). The van der Waals surface area contributed by atoms with E-state index in [0.29, 0.717) is 11.4 Å². The number of amides is 1. The molecule has 0 bridgehead atoms. The topological polar surface area (TPSA) is 75.3 Å². The molecule has 0 heterocycles. The van der Waals surface area contributed by atoms with Crippen molar-refractivity contribution in [2.45, 2.75) is 32.6 Å². The number of sulfonamides is 1. The number of carbonyl (C=O) groups excluding carboxylic acids is 1. The smallest absolute Gasteiger partial charge is 0.262 e. The van der Waals surface area contributed by atoms with Gasteiger partial charge in [0.15, 0.2) is 0 Å². The third-order valence-electron chi connectivity index (χ3n) is 3.45. The predicted molar refractivity (Wildman–Crippen MR) is 109 cm³/mol. The van der Waals surface area contributed by atoms with Gasteiger partial charge in [-0.1, -0.05) is 32.9 Å². The van der Waals surface area contributed by atoms with Gasteiger partial charge in [-0.3, -0.25) is 9.52 Å². The first-order valence-electron chi connectivity index (χ1n) is 7.69. The average molecular weight is 472 g/mol. The maximum atomic E-state index is 12.7. The molecule has 0 spiro atoms. The average Bonchev–Trinajstić information content (AvgIpc) is 2.50. The Morgan fingerprint density at radius 3 is 2.40 bits per heavy atom. The van der Waals surface area contributed by atoms with Crippen molar-refractivity contribution < 1.29 is 13.2 Å². The molecule has 0 aliphatic rings. The maximum absolute atomic E-state index is 12.7. The Balaban J connectivity index is 2.29. The molecule has 134 valence electrons. The van der Waals surface area contributed by atoms with Gasteiger partial charge in [-0.2, -0.15) is 0 Å². The zero-order chi connectivity index (χ0) is 18.8. The molecule has 0 saturated carbocycles. The second-order valence-electron chi connectivity index (χ2n) is 6.82. The molecule has 25 heavy (non-hydrogen) atoms. The van der Waals surface area contributed by atoms with Crippen molar-refractivity contribution >= 4 is 49.9 Å². The maximum Gasteiger partial charge on any atom is 0.262 e. The van der Waals surface area contributed by atoms with Gasteiger partial charge in [0.1, 0.15) is 0 Å². The number of carbonyl (C=O) groups is 1. The Hall–Kier alpha value is -1.61. The van der Waals surface area contributed by atoms with Crippen molar-refractivity contribution in [2.24, 2.45) is 5.41 Å². The second-order valence-corrected chi connectivity index (χ2v) is 9.67. The largest absolute Gasteiger partial charge is 0.326 e. The summed E-state index contributed by atoms with van der Waals surface area (Å²) in [6.07, 6.45) is 0. The Labute approximate surface area is 162 Å². The van der Waals surface area contributed by atoms with E-state index >= 15 is 0 Å². The van der Waals surface area contributed by atoms with Crippen LogP contribution in [0.15, 0.2) is 47.4 Å². The molecule has 0 aliphatic heterocycles. The summed E-state index contributed by atoms with van der Waals surface area (Å²) < 4.78 is 28.8. The molecule has 0 fully saturated rings. The van der Waals surface area contributed by atoms with Gasteiger partial charge in [0.2, 0.25) is 5.91 Å². The van der Waals surface area contributed by atoms with Crippen molar-refractivity contribution in [1.82, 2.24) is 0 Å². The molecule has 2 N–H and O–H groups in total. The van der Waals surface area contributed by atoms with E-state index in [2.05, 4.69) is 32.6 Å². The fourth-order valence-electron chi connectivity index (χ4n) is 1.98. The lowest BCUT2D eigenvalue weighted by atomic mass is 9.95. The van der Waals surface area contributed by atoms with Gasteiger partial charge < -0.3 is 5.32 Å². The summed E-state index contributed by atoms with van der Waals surface area (Å²) in [5, 5.41) is 2.75. The SMILES string of the molecule is Cc1ccc(I)c(NS(=O)(=O)c2cccc(NC(=O)C(C)(C)C)c2)c1. The molecule has 0 aliphatic carbocycles.